The molecule has 22 rings (SSSR count). The molecule has 97 heavy (non-hydrogen) atoms. The van der Waals surface area contributed by atoms with Crippen molar-refractivity contribution < 1.29 is 0 Å². The highest BCUT2D eigenvalue weighted by Gasteiger charge is 2.52. The van der Waals surface area contributed by atoms with Gasteiger partial charge in [0.1, 0.15) is 0 Å². The molecule has 3 aromatic heterocycles. The standard InChI is InChI=1S/C91H56BN5/c1-2-22-57(23-3-1)58-42-44-59(45-43-58)93-86-53-61(94-80-36-16-7-27-68(80)69-28-8-17-37-81(69)94)47-50-78(86)92-79-51-48-62(95-82-38-18-9-29-70(82)71-30-10-19-39-83(71)95)54-87(79)96(89-56-63(55-88(93)90(89)92)97-84-40-20-11-31-72(84)73-32-12-21-41-85(73)97)60-46-49-67-66-26-6-15-35-76(66)91(77(67)52-60)74-33-13-4-24-64(74)65-25-5-14-34-75(65)91/h1-56H. The Labute approximate surface area is 560 Å². The van der Waals surface area contributed by atoms with Gasteiger partial charge in [-0.15, -0.1) is 0 Å². The van der Waals surface area contributed by atoms with Gasteiger partial charge in [0.15, 0.2) is 0 Å². The third-order valence-electron chi connectivity index (χ3n) is 22.0. The first kappa shape index (κ1) is 52.8. The van der Waals surface area contributed by atoms with E-state index in [9.17, 15) is 0 Å². The average Bonchev–Trinajstić information content (AvgIpc) is 1.56. The normalized spacial score (nSPS) is 13.6. The van der Waals surface area contributed by atoms with Crippen molar-refractivity contribution in [1.29, 1.82) is 0 Å². The van der Waals surface area contributed by atoms with Crippen molar-refractivity contribution >= 4 is 123 Å². The van der Waals surface area contributed by atoms with Crippen LogP contribution in [0.2, 0.25) is 0 Å². The first-order valence-electron chi connectivity index (χ1n) is 33.8. The van der Waals surface area contributed by atoms with Crippen molar-refractivity contribution in [2.24, 2.45) is 0 Å². The Morgan fingerprint density at radius 3 is 0.969 bits per heavy atom. The van der Waals surface area contributed by atoms with E-state index in [0.717, 1.165) is 62.2 Å². The molecule has 0 atom stereocenters. The summed E-state index contributed by atoms with van der Waals surface area (Å²) in [6.07, 6.45) is 0. The molecule has 18 aromatic rings. The predicted octanol–water partition coefficient (Wildman–Crippen LogP) is 21.1. The molecule has 2 aliphatic carbocycles. The Balaban J connectivity index is 0.881. The largest absolute Gasteiger partial charge is 0.311 e. The van der Waals surface area contributed by atoms with Crippen molar-refractivity contribution in [1.82, 2.24) is 13.7 Å². The Morgan fingerprint density at radius 2 is 0.536 bits per heavy atom. The van der Waals surface area contributed by atoms with Crippen molar-refractivity contribution in [3.8, 4) is 50.4 Å². The van der Waals surface area contributed by atoms with Gasteiger partial charge in [0.05, 0.1) is 44.2 Å². The topological polar surface area (TPSA) is 21.3 Å². The average molecular weight is 1230 g/mol. The minimum absolute atomic E-state index is 0.198. The highest BCUT2D eigenvalue weighted by Crippen LogP contribution is 2.64. The lowest BCUT2D eigenvalue weighted by Crippen LogP contribution is -2.61. The Morgan fingerprint density at radius 1 is 0.216 bits per heavy atom. The van der Waals surface area contributed by atoms with Crippen LogP contribution in [-0.4, -0.2) is 20.4 Å². The van der Waals surface area contributed by atoms with E-state index in [1.54, 1.807) is 0 Å². The molecule has 2 aliphatic heterocycles. The number of rotatable bonds is 6. The van der Waals surface area contributed by atoms with Crippen LogP contribution in [-0.2, 0) is 5.41 Å². The third kappa shape index (κ3) is 7.07. The van der Waals surface area contributed by atoms with E-state index >= 15 is 0 Å². The van der Waals surface area contributed by atoms with E-state index in [-0.39, 0.29) is 6.71 Å². The number of aromatic nitrogens is 3. The Bertz CT molecular complexity index is 6200. The molecule has 6 heteroatoms. The molecule has 0 unspecified atom stereocenters. The number of hydrogen-bond acceptors (Lipinski definition) is 2. The van der Waals surface area contributed by atoms with Crippen molar-refractivity contribution in [2.75, 3.05) is 9.80 Å². The molecule has 0 saturated carbocycles. The minimum Gasteiger partial charge on any atom is -0.311 e. The van der Waals surface area contributed by atoms with Crippen LogP contribution in [0.4, 0.5) is 34.1 Å². The lowest BCUT2D eigenvalue weighted by Gasteiger charge is -2.45. The Kier molecular flexibility index (Phi) is 10.7. The van der Waals surface area contributed by atoms with Crippen LogP contribution in [0.15, 0.2) is 340 Å². The van der Waals surface area contributed by atoms with Crippen LogP contribution >= 0.6 is 0 Å². The van der Waals surface area contributed by atoms with Crippen LogP contribution in [0, 0.1) is 0 Å². The summed E-state index contributed by atoms with van der Waals surface area (Å²) in [4.78, 5) is 5.27. The fourth-order valence-electron chi connectivity index (χ4n) is 18.2. The first-order valence-corrected chi connectivity index (χ1v) is 33.8. The van der Waals surface area contributed by atoms with Crippen LogP contribution in [0.25, 0.3) is 116 Å². The van der Waals surface area contributed by atoms with Gasteiger partial charge in [-0.2, -0.15) is 0 Å². The summed E-state index contributed by atoms with van der Waals surface area (Å²) in [6.45, 7) is -0.198. The zero-order chi connectivity index (χ0) is 63.2. The molecule has 5 heterocycles. The molecule has 4 aliphatic rings. The SMILES string of the molecule is c1ccc(-c2ccc(N3c4cc(-n5c6ccccc6c6ccccc65)ccc4B4c5ccc(-n6c7ccccc7c7ccccc76)cc5N(c5ccc6c(c5)C5(c7ccccc7-c7ccccc75)c5ccccc5-6)c5cc(-n6c7ccccc7c7ccccc76)cc3c54)cc2)cc1. The predicted molar refractivity (Wildman–Crippen MR) is 405 cm³/mol. The quantitative estimate of drug-likeness (QED) is 0.155. The number of anilines is 6. The van der Waals surface area contributed by atoms with Crippen molar-refractivity contribution in [3.05, 3.63) is 362 Å². The number of para-hydroxylation sites is 6. The Hall–Kier alpha value is -12.6. The molecule has 0 N–H and O–H groups in total. The fourth-order valence-corrected chi connectivity index (χ4v) is 18.2. The molecule has 0 saturated heterocycles. The van der Waals surface area contributed by atoms with E-state index in [4.69, 9.17) is 0 Å². The summed E-state index contributed by atoms with van der Waals surface area (Å²) in [5.74, 6) is 0. The monoisotopic (exact) mass is 1230 g/mol. The first-order chi connectivity index (χ1) is 48.2. The molecule has 0 radical (unpaired) electrons. The van der Waals surface area contributed by atoms with Gasteiger partial charge >= 0.3 is 0 Å². The number of benzene rings is 15. The molecule has 448 valence electrons. The molecule has 0 bridgehead atoms. The molecule has 5 nitrogen and oxygen atoms in total. The molecular formula is C91H56BN5. The van der Waals surface area contributed by atoms with Gasteiger partial charge in [0, 0.05) is 77.8 Å². The smallest absolute Gasteiger partial charge is 0.252 e. The van der Waals surface area contributed by atoms with Crippen LogP contribution in [0.1, 0.15) is 22.3 Å². The van der Waals surface area contributed by atoms with Gasteiger partial charge in [0.2, 0.25) is 0 Å². The number of nitrogens with zero attached hydrogens (tertiary/aromatic N) is 5. The third-order valence-corrected chi connectivity index (χ3v) is 22.0. The zero-order valence-corrected chi connectivity index (χ0v) is 52.6. The van der Waals surface area contributed by atoms with Gasteiger partial charge in [-0.25, -0.2) is 0 Å². The number of fused-ring (bicyclic) bond motifs is 23. The molecule has 0 amide bonds. The molecule has 0 fully saturated rings. The minimum atomic E-state index is -0.568. The lowest BCUT2D eigenvalue weighted by molar-refractivity contribution is 0.793. The van der Waals surface area contributed by atoms with E-state index in [0.29, 0.717) is 0 Å². The zero-order valence-electron chi connectivity index (χ0n) is 52.6. The van der Waals surface area contributed by atoms with Crippen LogP contribution < -0.4 is 26.2 Å². The van der Waals surface area contributed by atoms with Gasteiger partial charge in [-0.05, 0) is 169 Å². The molecule has 1 spiro atoms. The second kappa shape index (κ2) is 19.7. The van der Waals surface area contributed by atoms with Crippen molar-refractivity contribution in [2.45, 2.75) is 5.41 Å². The second-order valence-electron chi connectivity index (χ2n) is 26.6. The summed E-state index contributed by atoms with van der Waals surface area (Å²) < 4.78 is 7.50. The van der Waals surface area contributed by atoms with Crippen LogP contribution in [0.5, 0.6) is 0 Å². The van der Waals surface area contributed by atoms with Crippen LogP contribution in [0.3, 0.4) is 0 Å². The maximum absolute atomic E-state index is 2.66. The van der Waals surface area contributed by atoms with E-state index < -0.39 is 5.41 Å². The summed E-state index contributed by atoms with van der Waals surface area (Å²) in [7, 11) is 0. The maximum Gasteiger partial charge on any atom is 0.252 e. The van der Waals surface area contributed by atoms with Crippen molar-refractivity contribution in [3.63, 3.8) is 0 Å². The highest BCUT2D eigenvalue weighted by atomic mass is 15.2. The number of hydrogen-bond donors (Lipinski definition) is 0. The van der Waals surface area contributed by atoms with E-state index in [1.807, 2.05) is 0 Å². The highest BCUT2D eigenvalue weighted by molar-refractivity contribution is 7.00. The summed E-state index contributed by atoms with van der Waals surface area (Å²) >= 11 is 0. The lowest BCUT2D eigenvalue weighted by atomic mass is 9.33. The molecule has 15 aromatic carbocycles. The fraction of sp³-hybridized carbons (Fsp3) is 0.0110. The van der Waals surface area contributed by atoms with E-state index in [2.05, 4.69) is 363 Å². The summed E-state index contributed by atoms with van der Waals surface area (Å²) in [6, 6.07) is 128. The van der Waals surface area contributed by atoms with Gasteiger partial charge < -0.3 is 23.5 Å². The summed E-state index contributed by atoms with van der Waals surface area (Å²) in [5.41, 5.74) is 32.9. The van der Waals surface area contributed by atoms with E-state index in [1.165, 1.54) is 126 Å². The second-order valence-corrected chi connectivity index (χ2v) is 26.6. The molecular weight excluding hydrogens is 1170 g/mol. The maximum atomic E-state index is 2.66. The van der Waals surface area contributed by atoms with Gasteiger partial charge in [-0.3, -0.25) is 0 Å². The van der Waals surface area contributed by atoms with Gasteiger partial charge in [0.25, 0.3) is 6.71 Å². The summed E-state index contributed by atoms with van der Waals surface area (Å²) in [5, 5.41) is 7.37. The van der Waals surface area contributed by atoms with Gasteiger partial charge in [-0.1, -0.05) is 243 Å².